The van der Waals surface area contributed by atoms with Gasteiger partial charge in [0.2, 0.25) is 15.8 Å². The number of anilines is 1. The Balaban J connectivity index is 2.05. The van der Waals surface area contributed by atoms with Crippen LogP contribution < -0.4 is 10.0 Å². The van der Waals surface area contributed by atoms with Gasteiger partial charge in [-0.1, -0.05) is 0 Å². The number of piperidine rings is 1. The van der Waals surface area contributed by atoms with Crippen molar-refractivity contribution in [1.29, 1.82) is 0 Å². The van der Waals surface area contributed by atoms with Gasteiger partial charge in [0.05, 0.1) is 16.4 Å². The number of nitro benzene ring substituents is 1. The van der Waals surface area contributed by atoms with E-state index in [4.69, 9.17) is 0 Å². The fourth-order valence-electron chi connectivity index (χ4n) is 2.32. The zero-order valence-electron chi connectivity index (χ0n) is 11.2. The Morgan fingerprint density at radius 1 is 1.48 bits per heavy atom. The van der Waals surface area contributed by atoms with Crippen LogP contribution in [0, 0.1) is 21.8 Å². The fourth-order valence-corrected chi connectivity index (χ4v) is 3.79. The largest absolute Gasteiger partial charge is 0.316 e. The topological polar surface area (TPSA) is 101 Å². The molecule has 1 aliphatic rings. The second-order valence-electron chi connectivity index (χ2n) is 5.02. The molecule has 0 radical (unpaired) electrons. The Kier molecular flexibility index (Phi) is 4.73. The van der Waals surface area contributed by atoms with Gasteiger partial charge in [-0.15, -0.1) is 0 Å². The first-order chi connectivity index (χ1) is 9.87. The summed E-state index contributed by atoms with van der Waals surface area (Å²) < 4.78 is 39.7. The lowest BCUT2D eigenvalue weighted by Gasteiger charge is -2.22. The van der Waals surface area contributed by atoms with E-state index in [1.165, 1.54) is 6.07 Å². The summed E-state index contributed by atoms with van der Waals surface area (Å²) in [4.78, 5) is 9.64. The van der Waals surface area contributed by atoms with E-state index in [0.29, 0.717) is 6.54 Å². The normalized spacial score (nSPS) is 19.2. The van der Waals surface area contributed by atoms with Crippen molar-refractivity contribution in [1.82, 2.24) is 5.32 Å². The van der Waals surface area contributed by atoms with Crippen LogP contribution in [0.1, 0.15) is 12.8 Å². The molecule has 116 valence electrons. The Morgan fingerprint density at radius 2 is 2.24 bits per heavy atom. The lowest BCUT2D eigenvalue weighted by atomic mass is 10.0. The van der Waals surface area contributed by atoms with Crippen LogP contribution in [0.4, 0.5) is 15.8 Å². The van der Waals surface area contributed by atoms with Crippen molar-refractivity contribution >= 4 is 21.4 Å². The molecule has 1 aromatic carbocycles. The molecular formula is C12H16FN3O4S. The van der Waals surface area contributed by atoms with Crippen LogP contribution in [0.3, 0.4) is 0 Å². The maximum absolute atomic E-state index is 13.4. The SMILES string of the molecule is O=[N+]([O-])c1ccc(NS(=O)(=O)CC2CCCNC2)cc1F. The summed E-state index contributed by atoms with van der Waals surface area (Å²) in [7, 11) is -3.61. The molecule has 0 spiro atoms. The molecule has 0 aliphatic carbocycles. The molecule has 1 atom stereocenters. The Bertz CT molecular complexity index is 629. The maximum Gasteiger partial charge on any atom is 0.304 e. The zero-order chi connectivity index (χ0) is 15.5. The molecule has 0 aromatic heterocycles. The first-order valence-electron chi connectivity index (χ1n) is 6.52. The third-order valence-electron chi connectivity index (χ3n) is 3.27. The molecule has 7 nitrogen and oxygen atoms in total. The van der Waals surface area contributed by atoms with Gasteiger partial charge in [-0.25, -0.2) is 8.42 Å². The number of sulfonamides is 1. The number of hydrogen-bond acceptors (Lipinski definition) is 5. The molecular weight excluding hydrogens is 301 g/mol. The van der Waals surface area contributed by atoms with E-state index < -0.39 is 26.5 Å². The van der Waals surface area contributed by atoms with Crippen molar-refractivity contribution < 1.29 is 17.7 Å². The maximum atomic E-state index is 13.4. The fraction of sp³-hybridized carbons (Fsp3) is 0.500. The van der Waals surface area contributed by atoms with E-state index in [-0.39, 0.29) is 17.4 Å². The van der Waals surface area contributed by atoms with Crippen LogP contribution in [-0.2, 0) is 10.0 Å². The van der Waals surface area contributed by atoms with Crippen molar-refractivity contribution in [3.05, 3.63) is 34.1 Å². The number of rotatable bonds is 5. The highest BCUT2D eigenvalue weighted by atomic mass is 32.2. The molecule has 1 heterocycles. The van der Waals surface area contributed by atoms with E-state index in [9.17, 15) is 22.9 Å². The minimum Gasteiger partial charge on any atom is -0.316 e. The van der Waals surface area contributed by atoms with Gasteiger partial charge in [-0.2, -0.15) is 4.39 Å². The second-order valence-corrected chi connectivity index (χ2v) is 6.79. The van der Waals surface area contributed by atoms with Gasteiger partial charge in [0.1, 0.15) is 0 Å². The summed E-state index contributed by atoms with van der Waals surface area (Å²) in [5.41, 5.74) is -0.698. The van der Waals surface area contributed by atoms with Gasteiger partial charge < -0.3 is 5.32 Å². The molecule has 0 saturated carbocycles. The number of nitrogens with zero attached hydrogens (tertiary/aromatic N) is 1. The van der Waals surface area contributed by atoms with Crippen LogP contribution in [0.15, 0.2) is 18.2 Å². The molecule has 0 bridgehead atoms. The van der Waals surface area contributed by atoms with E-state index in [1.807, 2.05) is 0 Å². The zero-order valence-corrected chi connectivity index (χ0v) is 12.0. The van der Waals surface area contributed by atoms with E-state index in [1.54, 1.807) is 0 Å². The van der Waals surface area contributed by atoms with Gasteiger partial charge in [0.25, 0.3) is 0 Å². The molecule has 2 rings (SSSR count). The molecule has 9 heteroatoms. The van der Waals surface area contributed by atoms with Gasteiger partial charge in [0.15, 0.2) is 0 Å². The Morgan fingerprint density at radius 3 is 2.81 bits per heavy atom. The Labute approximate surface area is 121 Å². The Hall–Kier alpha value is -1.74. The second kappa shape index (κ2) is 6.35. The summed E-state index contributed by atoms with van der Waals surface area (Å²) in [5, 5.41) is 13.6. The number of nitro groups is 1. The summed E-state index contributed by atoms with van der Waals surface area (Å²) in [6.07, 6.45) is 1.74. The molecule has 0 amide bonds. The monoisotopic (exact) mass is 317 g/mol. The van der Waals surface area contributed by atoms with E-state index in [2.05, 4.69) is 10.0 Å². The van der Waals surface area contributed by atoms with Gasteiger partial charge in [0, 0.05) is 12.1 Å². The highest BCUT2D eigenvalue weighted by Crippen LogP contribution is 2.22. The first kappa shape index (κ1) is 15.6. The van der Waals surface area contributed by atoms with Crippen molar-refractivity contribution in [3.63, 3.8) is 0 Å². The molecule has 2 N–H and O–H groups in total. The van der Waals surface area contributed by atoms with Crippen LogP contribution >= 0.6 is 0 Å². The number of hydrogen-bond donors (Lipinski definition) is 2. The van der Waals surface area contributed by atoms with Gasteiger partial charge in [-0.05, 0) is 37.9 Å². The molecule has 1 fully saturated rings. The van der Waals surface area contributed by atoms with Crippen LogP contribution in [0.5, 0.6) is 0 Å². The minimum atomic E-state index is -3.61. The predicted molar refractivity (Wildman–Crippen MR) is 76.1 cm³/mol. The molecule has 1 aliphatic heterocycles. The third-order valence-corrected chi connectivity index (χ3v) is 4.73. The molecule has 1 saturated heterocycles. The smallest absolute Gasteiger partial charge is 0.304 e. The van der Waals surface area contributed by atoms with Crippen LogP contribution in [0.25, 0.3) is 0 Å². The highest BCUT2D eigenvalue weighted by Gasteiger charge is 2.22. The quantitative estimate of drug-likeness (QED) is 0.632. The third kappa shape index (κ3) is 4.36. The van der Waals surface area contributed by atoms with Crippen molar-refractivity contribution in [2.24, 2.45) is 5.92 Å². The summed E-state index contributed by atoms with van der Waals surface area (Å²) >= 11 is 0. The van der Waals surface area contributed by atoms with Crippen molar-refractivity contribution in [3.8, 4) is 0 Å². The van der Waals surface area contributed by atoms with E-state index >= 15 is 0 Å². The van der Waals surface area contributed by atoms with E-state index in [0.717, 1.165) is 31.5 Å². The summed E-state index contributed by atoms with van der Waals surface area (Å²) in [6.45, 7) is 1.52. The highest BCUT2D eigenvalue weighted by molar-refractivity contribution is 7.92. The van der Waals surface area contributed by atoms with Crippen LogP contribution in [-0.4, -0.2) is 32.2 Å². The first-order valence-corrected chi connectivity index (χ1v) is 8.18. The van der Waals surface area contributed by atoms with Crippen molar-refractivity contribution in [2.75, 3.05) is 23.6 Å². The lowest BCUT2D eigenvalue weighted by Crippen LogP contribution is -2.35. The number of benzene rings is 1. The average molecular weight is 317 g/mol. The molecule has 21 heavy (non-hydrogen) atoms. The summed E-state index contributed by atoms with van der Waals surface area (Å²) in [6, 6.07) is 2.93. The van der Waals surface area contributed by atoms with Gasteiger partial charge in [-0.3, -0.25) is 14.8 Å². The lowest BCUT2D eigenvalue weighted by molar-refractivity contribution is -0.387. The molecule has 1 unspecified atom stereocenters. The molecule has 1 aromatic rings. The number of nitrogens with one attached hydrogen (secondary N) is 2. The average Bonchev–Trinajstić information content (AvgIpc) is 2.38. The standard InChI is InChI=1S/C12H16FN3O4S/c13-11-6-10(3-4-12(11)16(17)18)15-21(19,20)8-9-2-1-5-14-7-9/h3-4,6,9,14-15H,1-2,5,7-8H2. The van der Waals surface area contributed by atoms with Gasteiger partial charge >= 0.3 is 5.69 Å². The minimum absolute atomic E-state index is 0.0122. The predicted octanol–water partition coefficient (Wildman–Crippen LogP) is 1.48. The summed E-state index contributed by atoms with van der Waals surface area (Å²) in [5.74, 6) is -1.11. The van der Waals surface area contributed by atoms with Crippen LogP contribution in [0.2, 0.25) is 0 Å². The number of halogens is 1. The van der Waals surface area contributed by atoms with Crippen molar-refractivity contribution in [2.45, 2.75) is 12.8 Å².